The van der Waals surface area contributed by atoms with Crippen LogP contribution in [0.2, 0.25) is 0 Å². The quantitative estimate of drug-likeness (QED) is 0.539. The Bertz CT molecular complexity index is 467. The summed E-state index contributed by atoms with van der Waals surface area (Å²) in [6, 6.07) is -0.874. The molecule has 1 aliphatic heterocycles. The molecule has 0 aromatic rings. The molecule has 0 spiro atoms. The first-order valence-corrected chi connectivity index (χ1v) is 9.83. The van der Waals surface area contributed by atoms with E-state index in [-0.39, 0.29) is 30.8 Å². The molecule has 6 nitrogen and oxygen atoms in total. The number of hydrogen-bond donors (Lipinski definition) is 0. The highest BCUT2D eigenvalue weighted by molar-refractivity contribution is 5.84. The van der Waals surface area contributed by atoms with Crippen molar-refractivity contribution >= 4 is 11.8 Å². The number of rotatable bonds is 2. The van der Waals surface area contributed by atoms with Gasteiger partial charge in [0.2, 0.25) is 0 Å². The van der Waals surface area contributed by atoms with Crippen molar-refractivity contribution in [1.29, 1.82) is 0 Å². The van der Waals surface area contributed by atoms with Gasteiger partial charge >= 0.3 is 5.97 Å². The second-order valence-corrected chi connectivity index (χ2v) is 8.12. The molecular weight excluding hydrogens is 334 g/mol. The van der Waals surface area contributed by atoms with Crippen LogP contribution in [0.5, 0.6) is 0 Å². The van der Waals surface area contributed by atoms with Gasteiger partial charge in [-0.1, -0.05) is 52.1 Å². The maximum absolute atomic E-state index is 12.6. The second kappa shape index (κ2) is 11.4. The van der Waals surface area contributed by atoms with E-state index in [4.69, 9.17) is 9.47 Å². The van der Waals surface area contributed by atoms with Crippen molar-refractivity contribution in [2.75, 3.05) is 13.7 Å². The lowest BCUT2D eigenvalue weighted by Gasteiger charge is -2.24. The normalized spacial score (nSPS) is 36.3. The van der Waals surface area contributed by atoms with E-state index in [0.29, 0.717) is 11.8 Å². The van der Waals surface area contributed by atoms with Gasteiger partial charge in [-0.25, -0.2) is 0 Å². The average molecular weight is 370 g/mol. The molecule has 150 valence electrons. The van der Waals surface area contributed by atoms with Gasteiger partial charge in [0.15, 0.2) is 0 Å². The largest absolute Gasteiger partial charge is 0.463 e. The Morgan fingerprint density at radius 3 is 2.23 bits per heavy atom. The van der Waals surface area contributed by atoms with E-state index in [1.165, 1.54) is 0 Å². The van der Waals surface area contributed by atoms with Gasteiger partial charge in [0, 0.05) is 18.9 Å². The fourth-order valence-electron chi connectivity index (χ4n) is 3.81. The molecule has 1 heterocycles. The molecule has 0 bridgehead atoms. The number of nitrogens with zero attached hydrogens (tertiary/aromatic N) is 1. The zero-order chi connectivity index (χ0) is 19.7. The van der Waals surface area contributed by atoms with Crippen molar-refractivity contribution in [2.24, 2.45) is 28.8 Å². The van der Waals surface area contributed by atoms with E-state index in [1.54, 1.807) is 14.0 Å². The number of ketones is 1. The first kappa shape index (κ1) is 22.7. The van der Waals surface area contributed by atoms with Gasteiger partial charge in [-0.3, -0.25) is 9.59 Å². The summed E-state index contributed by atoms with van der Waals surface area (Å²) in [7, 11) is 1.61. The highest BCUT2D eigenvalue weighted by Crippen LogP contribution is 2.26. The van der Waals surface area contributed by atoms with Gasteiger partial charge in [-0.05, 0) is 24.7 Å². The molecular formula is C20H35NO5. The predicted octanol–water partition coefficient (Wildman–Crippen LogP) is 4.15. The first-order valence-electron chi connectivity index (χ1n) is 9.83. The Hall–Kier alpha value is -1.30. The van der Waals surface area contributed by atoms with E-state index >= 15 is 0 Å². The molecule has 0 radical (unpaired) electrons. The Morgan fingerprint density at radius 2 is 1.65 bits per heavy atom. The molecule has 1 fully saturated rings. The number of nitroso groups, excluding NO2 is 1. The number of carbonyl (C=O) groups is 2. The zero-order valence-electron chi connectivity index (χ0n) is 16.9. The summed E-state index contributed by atoms with van der Waals surface area (Å²) in [5, 5.41) is 3.03. The number of methoxy groups -OCH3 is 1. The van der Waals surface area contributed by atoms with Crippen molar-refractivity contribution in [3.63, 3.8) is 0 Å². The van der Waals surface area contributed by atoms with Crippen molar-refractivity contribution in [3.05, 3.63) is 4.91 Å². The number of cyclic esters (lactones) is 1. The molecule has 1 unspecified atom stereocenters. The highest BCUT2D eigenvalue weighted by Gasteiger charge is 2.31. The summed E-state index contributed by atoms with van der Waals surface area (Å²) in [6.45, 7) is 8.12. The molecule has 0 saturated carbocycles. The fourth-order valence-corrected chi connectivity index (χ4v) is 3.81. The monoisotopic (exact) mass is 369 g/mol. The molecule has 1 rings (SSSR count). The topological polar surface area (TPSA) is 82.0 Å². The first-order chi connectivity index (χ1) is 12.3. The maximum atomic E-state index is 12.6. The van der Waals surface area contributed by atoms with Gasteiger partial charge in [0.1, 0.15) is 18.4 Å². The molecule has 6 atom stereocenters. The van der Waals surface area contributed by atoms with Crippen LogP contribution in [0.1, 0.15) is 66.2 Å². The Morgan fingerprint density at radius 1 is 1.04 bits per heavy atom. The number of hydrogen-bond acceptors (Lipinski definition) is 6. The SMILES string of the molecule is COC1COC(=O)C[C@H](N=O)[C@@H](C)C(=O)[C@H](C)C[C@@H](C)CCC[C@H](C)C1. The van der Waals surface area contributed by atoms with E-state index in [0.717, 1.165) is 32.1 Å². The van der Waals surface area contributed by atoms with Crippen LogP contribution in [-0.2, 0) is 19.1 Å². The van der Waals surface area contributed by atoms with Crippen LogP contribution in [0.25, 0.3) is 0 Å². The van der Waals surface area contributed by atoms with Crippen LogP contribution in [-0.4, -0.2) is 37.6 Å². The van der Waals surface area contributed by atoms with E-state index < -0.39 is 17.9 Å². The van der Waals surface area contributed by atoms with E-state index in [9.17, 15) is 14.5 Å². The Labute approximate surface area is 157 Å². The van der Waals surface area contributed by atoms with Crippen LogP contribution in [0.4, 0.5) is 0 Å². The predicted molar refractivity (Wildman–Crippen MR) is 101 cm³/mol. The number of Topliss-reactive ketones (excluding diaryl/α,β-unsaturated/α-hetero) is 1. The summed E-state index contributed by atoms with van der Waals surface area (Å²) in [5.41, 5.74) is 0. The summed E-state index contributed by atoms with van der Waals surface area (Å²) in [4.78, 5) is 35.9. The number of carbonyl (C=O) groups excluding carboxylic acids is 2. The second-order valence-electron chi connectivity index (χ2n) is 8.12. The van der Waals surface area contributed by atoms with Gasteiger partial charge in [0.25, 0.3) is 0 Å². The van der Waals surface area contributed by atoms with Gasteiger partial charge in [-0.15, -0.1) is 0 Å². The standard InChI is InChI=1S/C20H35NO5/c1-13-7-6-8-14(2)10-17(25-5)12-26-19(22)11-18(21-24)16(4)20(23)15(3)9-13/h13-18H,6-12H2,1-5H3/t13-,14-,15+,16+,17?,18-/m0/s1. The molecule has 1 saturated heterocycles. The minimum Gasteiger partial charge on any atom is -0.463 e. The van der Waals surface area contributed by atoms with Crippen molar-refractivity contribution in [2.45, 2.75) is 78.4 Å². The van der Waals surface area contributed by atoms with Gasteiger partial charge < -0.3 is 9.47 Å². The van der Waals surface area contributed by atoms with Gasteiger partial charge in [0.05, 0.1) is 12.5 Å². The van der Waals surface area contributed by atoms with E-state index in [2.05, 4.69) is 19.0 Å². The van der Waals surface area contributed by atoms with Crippen molar-refractivity contribution in [1.82, 2.24) is 0 Å². The van der Waals surface area contributed by atoms with Gasteiger partial charge in [-0.2, -0.15) is 4.91 Å². The van der Waals surface area contributed by atoms with Crippen molar-refractivity contribution in [3.8, 4) is 0 Å². The fraction of sp³-hybridized carbons (Fsp3) is 0.900. The molecule has 0 aliphatic carbocycles. The zero-order valence-corrected chi connectivity index (χ0v) is 16.9. The molecule has 0 aromatic carbocycles. The van der Waals surface area contributed by atoms with Crippen LogP contribution < -0.4 is 0 Å². The maximum Gasteiger partial charge on any atom is 0.308 e. The van der Waals surface area contributed by atoms with Crippen LogP contribution in [0, 0.1) is 28.6 Å². The summed E-state index contributed by atoms with van der Waals surface area (Å²) < 4.78 is 10.7. The average Bonchev–Trinajstić information content (AvgIpc) is 2.60. The lowest BCUT2D eigenvalue weighted by Crippen LogP contribution is -2.32. The Balaban J connectivity index is 2.86. The lowest BCUT2D eigenvalue weighted by molar-refractivity contribution is -0.148. The van der Waals surface area contributed by atoms with Crippen LogP contribution >= 0.6 is 0 Å². The van der Waals surface area contributed by atoms with Crippen LogP contribution in [0.3, 0.4) is 0 Å². The minimum atomic E-state index is -0.874. The summed E-state index contributed by atoms with van der Waals surface area (Å²) >= 11 is 0. The molecule has 26 heavy (non-hydrogen) atoms. The molecule has 6 heteroatoms. The third kappa shape index (κ3) is 7.52. The summed E-state index contributed by atoms with van der Waals surface area (Å²) in [6.07, 6.45) is 4.60. The molecule has 0 N–H and O–H groups in total. The highest BCUT2D eigenvalue weighted by atomic mass is 16.6. The van der Waals surface area contributed by atoms with E-state index in [1.807, 2.05) is 6.92 Å². The molecule has 0 amide bonds. The van der Waals surface area contributed by atoms with Crippen molar-refractivity contribution < 1.29 is 19.1 Å². The number of ether oxygens (including phenoxy) is 2. The molecule has 1 aliphatic rings. The Kier molecular flexibility index (Phi) is 9.99. The third-order valence-electron chi connectivity index (χ3n) is 5.60. The third-order valence-corrected chi connectivity index (χ3v) is 5.60. The smallest absolute Gasteiger partial charge is 0.308 e. The van der Waals surface area contributed by atoms with Crippen LogP contribution in [0.15, 0.2) is 5.18 Å². The lowest BCUT2D eigenvalue weighted by atomic mass is 9.83. The minimum absolute atomic E-state index is 0.00415. The number of esters is 1. The molecule has 0 aromatic heterocycles. The summed E-state index contributed by atoms with van der Waals surface area (Å²) in [5.74, 6) is -0.285.